The van der Waals surface area contributed by atoms with Crippen LogP contribution in [0.2, 0.25) is 0 Å². The summed E-state index contributed by atoms with van der Waals surface area (Å²) in [5.41, 5.74) is 0.437. The van der Waals surface area contributed by atoms with E-state index in [1.54, 1.807) is 19.0 Å². The van der Waals surface area contributed by atoms with Crippen molar-refractivity contribution >= 4 is 11.7 Å². The van der Waals surface area contributed by atoms with Crippen LogP contribution in [0.5, 0.6) is 0 Å². The molecule has 22 heavy (non-hydrogen) atoms. The van der Waals surface area contributed by atoms with Gasteiger partial charge in [-0.2, -0.15) is 0 Å². The third-order valence-electron chi connectivity index (χ3n) is 3.98. The van der Waals surface area contributed by atoms with Crippen molar-refractivity contribution in [1.82, 2.24) is 19.8 Å². The molecule has 0 aliphatic carbocycles. The second-order valence-corrected chi connectivity index (χ2v) is 5.82. The minimum atomic E-state index is -0.352. The monoisotopic (exact) mass is 309 g/mol. The number of carbonyl (C=O) groups excluding carboxylic acids is 1. The summed E-state index contributed by atoms with van der Waals surface area (Å²) in [6, 6.07) is 0.180. The molecule has 1 saturated heterocycles. The maximum absolute atomic E-state index is 14.1. The Balaban J connectivity index is 1.86. The van der Waals surface area contributed by atoms with E-state index >= 15 is 0 Å². The number of likely N-dealkylation sites (N-methyl/N-ethyl adjacent to an activating group) is 1. The lowest BCUT2D eigenvalue weighted by molar-refractivity contribution is -0.130. The van der Waals surface area contributed by atoms with Gasteiger partial charge in [-0.05, 0) is 19.3 Å². The number of nitrogens with zero attached hydrogens (tertiary/aromatic N) is 4. The average Bonchev–Trinajstić information content (AvgIpc) is 2.51. The molecule has 1 aromatic heterocycles. The zero-order chi connectivity index (χ0) is 16.1. The van der Waals surface area contributed by atoms with Crippen LogP contribution in [-0.2, 0) is 11.2 Å². The van der Waals surface area contributed by atoms with Gasteiger partial charge in [0.2, 0.25) is 5.91 Å². The van der Waals surface area contributed by atoms with Crippen LogP contribution in [0, 0.1) is 5.82 Å². The highest BCUT2D eigenvalue weighted by Gasteiger charge is 2.22. The smallest absolute Gasteiger partial charge is 0.236 e. The number of nitrogens with one attached hydrogen (secondary N) is 1. The van der Waals surface area contributed by atoms with Crippen molar-refractivity contribution in [3.05, 3.63) is 17.8 Å². The Kier molecular flexibility index (Phi) is 5.65. The van der Waals surface area contributed by atoms with E-state index in [2.05, 4.69) is 20.2 Å². The molecule has 2 rings (SSSR count). The van der Waals surface area contributed by atoms with Gasteiger partial charge in [0.15, 0.2) is 11.6 Å². The summed E-state index contributed by atoms with van der Waals surface area (Å²) in [6.45, 7) is 3.96. The number of piperidine rings is 1. The summed E-state index contributed by atoms with van der Waals surface area (Å²) in [6.07, 6.45) is 3.68. The number of hydrogen-bond donors (Lipinski definition) is 1. The molecule has 6 nitrogen and oxygen atoms in total. The van der Waals surface area contributed by atoms with Crippen LogP contribution in [0.15, 0.2) is 6.33 Å². The van der Waals surface area contributed by atoms with E-state index in [4.69, 9.17) is 0 Å². The molecule has 0 radical (unpaired) electrons. The third kappa shape index (κ3) is 4.13. The van der Waals surface area contributed by atoms with Gasteiger partial charge in [0.1, 0.15) is 6.33 Å². The molecule has 0 aromatic carbocycles. The topological polar surface area (TPSA) is 61.4 Å². The highest BCUT2D eigenvalue weighted by atomic mass is 19.1. The number of amides is 1. The van der Waals surface area contributed by atoms with E-state index in [0.717, 1.165) is 25.9 Å². The van der Waals surface area contributed by atoms with Gasteiger partial charge in [-0.3, -0.25) is 9.69 Å². The first-order chi connectivity index (χ1) is 10.5. The second-order valence-electron chi connectivity index (χ2n) is 5.82. The van der Waals surface area contributed by atoms with Crippen LogP contribution < -0.4 is 5.32 Å². The van der Waals surface area contributed by atoms with Crippen LogP contribution in [0.3, 0.4) is 0 Å². The predicted octanol–water partition coefficient (Wildman–Crippen LogP) is 1.14. The Hall–Kier alpha value is -1.76. The molecule has 0 atom stereocenters. The van der Waals surface area contributed by atoms with Crippen LogP contribution in [0.25, 0.3) is 0 Å². The molecule has 1 aromatic rings. The largest absolute Gasteiger partial charge is 0.365 e. The first kappa shape index (κ1) is 16.6. The molecule has 122 valence electrons. The summed E-state index contributed by atoms with van der Waals surface area (Å²) in [4.78, 5) is 23.4. The van der Waals surface area contributed by atoms with Gasteiger partial charge in [0.25, 0.3) is 0 Å². The lowest BCUT2D eigenvalue weighted by Crippen LogP contribution is -2.44. The van der Waals surface area contributed by atoms with E-state index in [9.17, 15) is 9.18 Å². The van der Waals surface area contributed by atoms with Gasteiger partial charge in [-0.25, -0.2) is 14.4 Å². The van der Waals surface area contributed by atoms with E-state index in [0.29, 0.717) is 18.7 Å². The zero-order valence-electron chi connectivity index (χ0n) is 13.5. The summed E-state index contributed by atoms with van der Waals surface area (Å²) in [7, 11) is 3.53. The Morgan fingerprint density at radius 2 is 2.09 bits per heavy atom. The Morgan fingerprint density at radius 3 is 2.68 bits per heavy atom. The number of rotatable bonds is 5. The molecule has 7 heteroatoms. The van der Waals surface area contributed by atoms with Gasteiger partial charge in [0, 0.05) is 33.2 Å². The number of likely N-dealkylation sites (tertiary alicyclic amines) is 1. The SMILES string of the molecule is CCc1ncnc(NC2CCN(CC(=O)N(C)C)CC2)c1F. The predicted molar refractivity (Wildman–Crippen MR) is 83.1 cm³/mol. The minimum absolute atomic E-state index is 0.112. The zero-order valence-corrected chi connectivity index (χ0v) is 13.5. The molecular formula is C15H24FN5O. The van der Waals surface area contributed by atoms with Crippen molar-refractivity contribution in [1.29, 1.82) is 0 Å². The van der Waals surface area contributed by atoms with Crippen LogP contribution in [-0.4, -0.2) is 65.4 Å². The van der Waals surface area contributed by atoms with Crippen molar-refractivity contribution in [2.45, 2.75) is 32.2 Å². The molecule has 1 fully saturated rings. The van der Waals surface area contributed by atoms with Crippen molar-refractivity contribution in [3.63, 3.8) is 0 Å². The van der Waals surface area contributed by atoms with Gasteiger partial charge < -0.3 is 10.2 Å². The lowest BCUT2D eigenvalue weighted by atomic mass is 10.0. The van der Waals surface area contributed by atoms with Crippen LogP contribution in [0.1, 0.15) is 25.5 Å². The quantitative estimate of drug-likeness (QED) is 0.884. The van der Waals surface area contributed by atoms with Crippen molar-refractivity contribution in [2.75, 3.05) is 39.0 Å². The van der Waals surface area contributed by atoms with E-state index < -0.39 is 0 Å². The number of hydrogen-bond acceptors (Lipinski definition) is 5. The molecular weight excluding hydrogens is 285 g/mol. The van der Waals surface area contributed by atoms with E-state index in [1.165, 1.54) is 6.33 Å². The fourth-order valence-corrected chi connectivity index (χ4v) is 2.51. The molecule has 0 bridgehead atoms. The normalized spacial score (nSPS) is 16.5. The standard InChI is InChI=1S/C15H24FN5O/c1-4-12-14(16)15(18-10-17-12)19-11-5-7-21(8-6-11)9-13(22)20(2)3/h10-11H,4-9H2,1-3H3,(H,17,18,19). The average molecular weight is 309 g/mol. The fourth-order valence-electron chi connectivity index (χ4n) is 2.51. The number of carbonyl (C=O) groups is 1. The number of halogens is 1. The van der Waals surface area contributed by atoms with Gasteiger partial charge in [0.05, 0.1) is 12.2 Å². The molecule has 2 heterocycles. The Bertz CT molecular complexity index is 515. The maximum Gasteiger partial charge on any atom is 0.236 e. The molecule has 1 aliphatic heterocycles. The second kappa shape index (κ2) is 7.49. The first-order valence-electron chi connectivity index (χ1n) is 7.69. The van der Waals surface area contributed by atoms with Crippen molar-refractivity contribution < 1.29 is 9.18 Å². The Morgan fingerprint density at radius 1 is 1.41 bits per heavy atom. The van der Waals surface area contributed by atoms with Gasteiger partial charge >= 0.3 is 0 Å². The lowest BCUT2D eigenvalue weighted by Gasteiger charge is -2.32. The number of aryl methyl sites for hydroxylation is 1. The van der Waals surface area contributed by atoms with Crippen LogP contribution >= 0.6 is 0 Å². The number of anilines is 1. The summed E-state index contributed by atoms with van der Waals surface area (Å²) in [5.74, 6) is 0.0470. The van der Waals surface area contributed by atoms with Crippen molar-refractivity contribution in [2.24, 2.45) is 0 Å². The Labute approximate surface area is 130 Å². The molecule has 0 spiro atoms. The summed E-state index contributed by atoms with van der Waals surface area (Å²) < 4.78 is 14.1. The highest BCUT2D eigenvalue weighted by Crippen LogP contribution is 2.19. The number of aromatic nitrogens is 2. The highest BCUT2D eigenvalue weighted by molar-refractivity contribution is 5.77. The molecule has 1 aliphatic rings. The summed E-state index contributed by atoms with van der Waals surface area (Å²) in [5, 5.41) is 3.17. The minimum Gasteiger partial charge on any atom is -0.365 e. The van der Waals surface area contributed by atoms with Crippen molar-refractivity contribution in [3.8, 4) is 0 Å². The first-order valence-corrected chi connectivity index (χ1v) is 7.69. The fraction of sp³-hybridized carbons (Fsp3) is 0.667. The molecule has 0 saturated carbocycles. The third-order valence-corrected chi connectivity index (χ3v) is 3.98. The van der Waals surface area contributed by atoms with Gasteiger partial charge in [-0.1, -0.05) is 6.92 Å². The maximum atomic E-state index is 14.1. The van der Waals surface area contributed by atoms with E-state index in [-0.39, 0.29) is 23.6 Å². The molecule has 1 N–H and O–H groups in total. The summed E-state index contributed by atoms with van der Waals surface area (Å²) >= 11 is 0. The van der Waals surface area contributed by atoms with Gasteiger partial charge in [-0.15, -0.1) is 0 Å². The van der Waals surface area contributed by atoms with E-state index in [1.807, 2.05) is 6.92 Å². The molecule has 1 amide bonds. The molecule has 0 unspecified atom stereocenters. The van der Waals surface area contributed by atoms with Crippen LogP contribution in [0.4, 0.5) is 10.2 Å².